The zero-order chi connectivity index (χ0) is 16.1. The van der Waals surface area contributed by atoms with Gasteiger partial charge in [0.05, 0.1) is 19.2 Å². The van der Waals surface area contributed by atoms with Gasteiger partial charge in [-0.25, -0.2) is 4.98 Å². The summed E-state index contributed by atoms with van der Waals surface area (Å²) in [7, 11) is 1.65. The standard InChI is InChI=1S/C17H22N2O2S/c1-11(2)10-18-16(20)9-15-12(3)19-17(22-15)13-6-5-7-14(8-13)21-4/h5-8,11H,9-10H2,1-4H3,(H,18,20). The summed E-state index contributed by atoms with van der Waals surface area (Å²) in [6.07, 6.45) is 0.389. The first kappa shape index (κ1) is 16.5. The Kier molecular flexibility index (Phi) is 5.55. The molecule has 0 saturated heterocycles. The van der Waals surface area contributed by atoms with Crippen molar-refractivity contribution in [3.8, 4) is 16.3 Å². The summed E-state index contributed by atoms with van der Waals surface area (Å²) < 4.78 is 5.24. The van der Waals surface area contributed by atoms with Gasteiger partial charge in [0.2, 0.25) is 5.91 Å². The van der Waals surface area contributed by atoms with E-state index in [0.29, 0.717) is 18.9 Å². The number of aryl methyl sites for hydroxylation is 1. The molecule has 22 heavy (non-hydrogen) atoms. The Morgan fingerprint density at radius 3 is 2.86 bits per heavy atom. The molecule has 0 aliphatic rings. The zero-order valence-corrected chi connectivity index (χ0v) is 14.3. The lowest BCUT2D eigenvalue weighted by atomic mass is 10.2. The molecule has 2 aromatic rings. The van der Waals surface area contributed by atoms with Crippen LogP contribution in [0.1, 0.15) is 24.4 Å². The van der Waals surface area contributed by atoms with Crippen molar-refractivity contribution in [3.63, 3.8) is 0 Å². The maximum absolute atomic E-state index is 12.0. The number of hydrogen-bond acceptors (Lipinski definition) is 4. The summed E-state index contributed by atoms with van der Waals surface area (Å²) in [6.45, 7) is 6.82. The lowest BCUT2D eigenvalue weighted by molar-refractivity contribution is -0.120. The average molecular weight is 318 g/mol. The highest BCUT2D eigenvalue weighted by molar-refractivity contribution is 7.15. The molecule has 118 valence electrons. The number of carbonyl (C=O) groups is 1. The van der Waals surface area contributed by atoms with Crippen LogP contribution >= 0.6 is 11.3 Å². The fourth-order valence-corrected chi connectivity index (χ4v) is 3.06. The first-order valence-electron chi connectivity index (χ1n) is 7.37. The number of ether oxygens (including phenoxy) is 1. The van der Waals surface area contributed by atoms with Crippen molar-refractivity contribution in [3.05, 3.63) is 34.8 Å². The molecule has 1 N–H and O–H groups in total. The van der Waals surface area contributed by atoms with E-state index in [-0.39, 0.29) is 5.91 Å². The SMILES string of the molecule is COc1cccc(-c2nc(C)c(CC(=O)NCC(C)C)s2)c1. The van der Waals surface area contributed by atoms with E-state index in [2.05, 4.69) is 24.1 Å². The monoisotopic (exact) mass is 318 g/mol. The van der Waals surface area contributed by atoms with Crippen LogP contribution in [0.5, 0.6) is 5.75 Å². The molecule has 4 nitrogen and oxygen atoms in total. The quantitative estimate of drug-likeness (QED) is 0.887. The number of nitrogens with one attached hydrogen (secondary N) is 1. The second-order valence-electron chi connectivity index (χ2n) is 5.63. The normalized spacial score (nSPS) is 10.8. The third-order valence-corrected chi connectivity index (χ3v) is 4.44. The van der Waals surface area contributed by atoms with Gasteiger partial charge in [0.1, 0.15) is 10.8 Å². The molecule has 5 heteroatoms. The van der Waals surface area contributed by atoms with E-state index in [4.69, 9.17) is 4.74 Å². The first-order chi connectivity index (χ1) is 10.5. The molecular formula is C17H22N2O2S. The van der Waals surface area contributed by atoms with Crippen LogP contribution in [0, 0.1) is 12.8 Å². The second kappa shape index (κ2) is 7.40. The van der Waals surface area contributed by atoms with Crippen molar-refractivity contribution in [1.29, 1.82) is 0 Å². The minimum absolute atomic E-state index is 0.0534. The third kappa shape index (κ3) is 4.31. The number of aromatic nitrogens is 1. The van der Waals surface area contributed by atoms with Gasteiger partial charge in [0, 0.05) is 17.0 Å². The highest BCUT2D eigenvalue weighted by Gasteiger charge is 2.13. The molecule has 0 fully saturated rings. The van der Waals surface area contributed by atoms with Crippen molar-refractivity contribution < 1.29 is 9.53 Å². The second-order valence-corrected chi connectivity index (χ2v) is 6.72. The van der Waals surface area contributed by atoms with Gasteiger partial charge in [-0.3, -0.25) is 4.79 Å². The molecule has 1 amide bonds. The molecule has 0 bridgehead atoms. The lowest BCUT2D eigenvalue weighted by Gasteiger charge is -2.06. The van der Waals surface area contributed by atoms with Crippen molar-refractivity contribution in [2.24, 2.45) is 5.92 Å². The lowest BCUT2D eigenvalue weighted by Crippen LogP contribution is -2.28. The number of hydrogen-bond donors (Lipinski definition) is 1. The minimum Gasteiger partial charge on any atom is -0.497 e. The van der Waals surface area contributed by atoms with Gasteiger partial charge < -0.3 is 10.1 Å². The highest BCUT2D eigenvalue weighted by Crippen LogP contribution is 2.30. The van der Waals surface area contributed by atoms with Gasteiger partial charge in [0.25, 0.3) is 0 Å². The maximum Gasteiger partial charge on any atom is 0.225 e. The summed E-state index contributed by atoms with van der Waals surface area (Å²) in [6, 6.07) is 7.81. The Balaban J connectivity index is 2.12. The van der Waals surface area contributed by atoms with Crippen LogP contribution in [-0.4, -0.2) is 24.5 Å². The first-order valence-corrected chi connectivity index (χ1v) is 8.18. The Hall–Kier alpha value is -1.88. The number of rotatable bonds is 6. The van der Waals surface area contributed by atoms with Gasteiger partial charge >= 0.3 is 0 Å². The van der Waals surface area contributed by atoms with Gasteiger partial charge in [-0.05, 0) is 25.0 Å². The number of nitrogens with zero attached hydrogens (tertiary/aromatic N) is 1. The van der Waals surface area contributed by atoms with Crippen molar-refractivity contribution >= 4 is 17.2 Å². The maximum atomic E-state index is 12.0. The molecule has 0 unspecified atom stereocenters. The van der Waals surface area contributed by atoms with E-state index in [1.54, 1.807) is 18.4 Å². The largest absolute Gasteiger partial charge is 0.497 e. The van der Waals surface area contributed by atoms with E-state index < -0.39 is 0 Å². The van der Waals surface area contributed by atoms with Crippen LogP contribution in [0.25, 0.3) is 10.6 Å². The molecule has 1 heterocycles. The number of amides is 1. The third-order valence-electron chi connectivity index (χ3n) is 3.24. The molecule has 0 saturated carbocycles. The molecule has 1 aromatic carbocycles. The predicted molar refractivity (Wildman–Crippen MR) is 90.4 cm³/mol. The van der Waals surface area contributed by atoms with Gasteiger partial charge in [-0.15, -0.1) is 11.3 Å². The van der Waals surface area contributed by atoms with E-state index in [9.17, 15) is 4.79 Å². The summed E-state index contributed by atoms with van der Waals surface area (Å²) in [5.41, 5.74) is 1.93. The van der Waals surface area contributed by atoms with E-state index >= 15 is 0 Å². The van der Waals surface area contributed by atoms with Crippen molar-refractivity contribution in [2.45, 2.75) is 27.2 Å². The number of thiazole rings is 1. The van der Waals surface area contributed by atoms with E-state index in [0.717, 1.165) is 26.9 Å². The molecule has 0 aliphatic heterocycles. The van der Waals surface area contributed by atoms with Crippen LogP contribution in [-0.2, 0) is 11.2 Å². The number of methoxy groups -OCH3 is 1. The van der Waals surface area contributed by atoms with Crippen LogP contribution in [0.3, 0.4) is 0 Å². The van der Waals surface area contributed by atoms with Gasteiger partial charge in [0.15, 0.2) is 0 Å². The predicted octanol–water partition coefficient (Wildman–Crippen LogP) is 3.44. The van der Waals surface area contributed by atoms with E-state index in [1.807, 2.05) is 31.2 Å². The fraction of sp³-hybridized carbons (Fsp3) is 0.412. The van der Waals surface area contributed by atoms with Gasteiger partial charge in [-0.2, -0.15) is 0 Å². The van der Waals surface area contributed by atoms with Gasteiger partial charge in [-0.1, -0.05) is 26.0 Å². The Morgan fingerprint density at radius 1 is 1.41 bits per heavy atom. The highest BCUT2D eigenvalue weighted by atomic mass is 32.1. The average Bonchev–Trinajstić information content (AvgIpc) is 2.86. The summed E-state index contributed by atoms with van der Waals surface area (Å²) >= 11 is 1.57. The summed E-state index contributed by atoms with van der Waals surface area (Å²) in [4.78, 5) is 17.6. The Morgan fingerprint density at radius 2 is 2.18 bits per heavy atom. The van der Waals surface area contributed by atoms with Crippen molar-refractivity contribution in [2.75, 3.05) is 13.7 Å². The zero-order valence-electron chi connectivity index (χ0n) is 13.5. The molecule has 0 radical (unpaired) electrons. The molecular weight excluding hydrogens is 296 g/mol. The number of benzene rings is 1. The van der Waals surface area contributed by atoms with Crippen LogP contribution in [0.15, 0.2) is 24.3 Å². The van der Waals surface area contributed by atoms with Crippen LogP contribution in [0.2, 0.25) is 0 Å². The Labute approximate surface area is 135 Å². The molecule has 0 atom stereocenters. The van der Waals surface area contributed by atoms with Crippen LogP contribution in [0.4, 0.5) is 0 Å². The Bertz CT molecular complexity index is 650. The molecule has 0 spiro atoms. The summed E-state index contributed by atoms with van der Waals surface area (Å²) in [5, 5.41) is 3.86. The fourth-order valence-electron chi connectivity index (χ4n) is 2.00. The molecule has 1 aromatic heterocycles. The topological polar surface area (TPSA) is 51.2 Å². The smallest absolute Gasteiger partial charge is 0.225 e. The van der Waals surface area contributed by atoms with Crippen molar-refractivity contribution in [1.82, 2.24) is 10.3 Å². The molecule has 2 rings (SSSR count). The minimum atomic E-state index is 0.0534. The summed E-state index contributed by atoms with van der Waals surface area (Å²) in [5.74, 6) is 1.32. The number of carbonyl (C=O) groups excluding carboxylic acids is 1. The molecule has 0 aliphatic carbocycles. The van der Waals surface area contributed by atoms with E-state index in [1.165, 1.54) is 0 Å². The van der Waals surface area contributed by atoms with Crippen LogP contribution < -0.4 is 10.1 Å².